The van der Waals surface area contributed by atoms with E-state index in [1.165, 1.54) is 0 Å². The maximum absolute atomic E-state index is 12.1. The number of alkyl halides is 1. The maximum atomic E-state index is 12.1. The van der Waals surface area contributed by atoms with E-state index < -0.39 is 0 Å². The van der Waals surface area contributed by atoms with E-state index in [0.717, 1.165) is 16.9 Å². The lowest BCUT2D eigenvalue weighted by molar-refractivity contribution is 0.102. The van der Waals surface area contributed by atoms with Gasteiger partial charge in [-0.2, -0.15) is 0 Å². The van der Waals surface area contributed by atoms with Crippen LogP contribution in [0, 0.1) is 0 Å². The molecule has 19 heavy (non-hydrogen) atoms. The third kappa shape index (κ3) is 3.42. The van der Waals surface area contributed by atoms with Gasteiger partial charge in [0.25, 0.3) is 5.91 Å². The van der Waals surface area contributed by atoms with Gasteiger partial charge in [-0.25, -0.2) is 0 Å². The molecular weight excluding hydrogens is 325 g/mol. The number of hydrogen-bond donors (Lipinski definition) is 1. The van der Waals surface area contributed by atoms with Gasteiger partial charge in [0.2, 0.25) is 0 Å². The Morgan fingerprint density at radius 3 is 2.58 bits per heavy atom. The number of anilines is 1. The van der Waals surface area contributed by atoms with E-state index in [0.29, 0.717) is 19.9 Å². The van der Waals surface area contributed by atoms with E-state index >= 15 is 0 Å². The lowest BCUT2D eigenvalue weighted by Crippen LogP contribution is -2.13. The number of benzene rings is 1. The van der Waals surface area contributed by atoms with Gasteiger partial charge in [-0.15, -0.1) is 22.9 Å². The van der Waals surface area contributed by atoms with E-state index in [1.807, 2.05) is 25.1 Å². The summed E-state index contributed by atoms with van der Waals surface area (Å²) in [5, 5.41) is 2.61. The topological polar surface area (TPSA) is 29.1 Å². The molecule has 0 fully saturated rings. The van der Waals surface area contributed by atoms with Crippen LogP contribution in [0.5, 0.6) is 0 Å². The quantitative estimate of drug-likeness (QED) is 0.726. The van der Waals surface area contributed by atoms with Crippen LogP contribution in [0.3, 0.4) is 0 Å². The highest BCUT2D eigenvalue weighted by Crippen LogP contribution is 2.32. The summed E-state index contributed by atoms with van der Waals surface area (Å²) in [5.41, 5.74) is 1.90. The Balaban J connectivity index is 2.27. The number of amides is 1. The lowest BCUT2D eigenvalue weighted by atomic mass is 10.1. The van der Waals surface area contributed by atoms with Crippen molar-refractivity contribution in [2.24, 2.45) is 0 Å². The summed E-state index contributed by atoms with van der Waals surface area (Å²) in [6.07, 6.45) is 0. The molecule has 1 atom stereocenters. The second-order valence-corrected chi connectivity index (χ2v) is 6.84. The zero-order valence-corrected chi connectivity index (χ0v) is 13.0. The van der Waals surface area contributed by atoms with Crippen molar-refractivity contribution in [1.29, 1.82) is 0 Å². The molecule has 0 aliphatic carbocycles. The van der Waals surface area contributed by atoms with E-state index in [4.69, 9.17) is 34.8 Å². The summed E-state index contributed by atoms with van der Waals surface area (Å²) in [7, 11) is 0. The molecule has 0 aliphatic rings. The molecule has 1 heterocycles. The third-order valence-corrected chi connectivity index (χ3v) is 4.26. The lowest BCUT2D eigenvalue weighted by Gasteiger charge is -2.12. The summed E-state index contributed by atoms with van der Waals surface area (Å²) >= 11 is 19.0. The number of nitrogens with one attached hydrogen (secondary N) is 1. The number of carbonyl (C=O) groups is 1. The first-order valence-corrected chi connectivity index (χ1v) is 7.49. The number of para-hydroxylation sites is 1. The van der Waals surface area contributed by atoms with Crippen molar-refractivity contribution < 1.29 is 4.79 Å². The van der Waals surface area contributed by atoms with Gasteiger partial charge in [0, 0.05) is 5.69 Å². The number of halogens is 3. The average Bonchev–Trinajstić information content (AvgIpc) is 2.69. The zero-order chi connectivity index (χ0) is 14.0. The minimum absolute atomic E-state index is 0.196. The van der Waals surface area contributed by atoms with Crippen LogP contribution in [0.25, 0.3) is 0 Å². The molecule has 100 valence electrons. The molecule has 0 spiro atoms. The van der Waals surface area contributed by atoms with Gasteiger partial charge in [0.1, 0.15) is 4.34 Å². The van der Waals surface area contributed by atoms with Gasteiger partial charge >= 0.3 is 0 Å². The molecule has 2 nitrogen and oxygen atoms in total. The molecule has 0 radical (unpaired) electrons. The number of hydrogen-bond acceptors (Lipinski definition) is 2. The molecule has 0 saturated heterocycles. The van der Waals surface area contributed by atoms with Crippen LogP contribution >= 0.6 is 46.1 Å². The van der Waals surface area contributed by atoms with Crippen LogP contribution < -0.4 is 5.32 Å². The molecular formula is C13H10Cl3NOS. The van der Waals surface area contributed by atoms with Gasteiger partial charge in [0.05, 0.1) is 15.3 Å². The molecule has 1 unspecified atom stereocenters. The van der Waals surface area contributed by atoms with Crippen molar-refractivity contribution in [2.75, 3.05) is 5.32 Å². The SMILES string of the molecule is CC(Cl)c1ccccc1NC(=O)c1cc(Cl)sc1Cl. The third-order valence-electron chi connectivity index (χ3n) is 2.54. The Bertz CT molecular complexity index is 610. The summed E-state index contributed by atoms with van der Waals surface area (Å²) in [4.78, 5) is 12.1. The number of thiophene rings is 1. The number of carbonyl (C=O) groups excluding carboxylic acids is 1. The predicted octanol–water partition coefficient (Wildman–Crippen LogP) is 5.61. The second kappa shape index (κ2) is 6.14. The normalized spacial score (nSPS) is 12.2. The molecule has 1 aromatic carbocycles. The fraction of sp³-hybridized carbons (Fsp3) is 0.154. The van der Waals surface area contributed by atoms with Crippen LogP contribution in [-0.4, -0.2) is 5.91 Å². The minimum atomic E-state index is -0.294. The molecule has 2 aromatic rings. The molecule has 2 rings (SSSR count). The van der Waals surface area contributed by atoms with Crippen LogP contribution in [0.1, 0.15) is 28.2 Å². The molecule has 0 bridgehead atoms. The van der Waals surface area contributed by atoms with Crippen LogP contribution in [0.2, 0.25) is 8.67 Å². The van der Waals surface area contributed by atoms with E-state index in [-0.39, 0.29) is 11.3 Å². The highest BCUT2D eigenvalue weighted by molar-refractivity contribution is 7.20. The van der Waals surface area contributed by atoms with E-state index in [9.17, 15) is 4.79 Å². The fourth-order valence-electron chi connectivity index (χ4n) is 1.64. The Morgan fingerprint density at radius 1 is 1.32 bits per heavy atom. The largest absolute Gasteiger partial charge is 0.322 e. The van der Waals surface area contributed by atoms with Gasteiger partial charge < -0.3 is 5.32 Å². The minimum Gasteiger partial charge on any atom is -0.322 e. The van der Waals surface area contributed by atoms with Gasteiger partial charge in [-0.1, -0.05) is 41.4 Å². The highest BCUT2D eigenvalue weighted by atomic mass is 35.5. The first kappa shape index (κ1) is 14.7. The first-order valence-electron chi connectivity index (χ1n) is 5.48. The fourth-order valence-corrected chi connectivity index (χ4v) is 3.29. The van der Waals surface area contributed by atoms with E-state index in [2.05, 4.69) is 5.32 Å². The van der Waals surface area contributed by atoms with Gasteiger partial charge in [-0.05, 0) is 24.6 Å². The summed E-state index contributed by atoms with van der Waals surface area (Å²) in [6, 6.07) is 8.93. The van der Waals surface area contributed by atoms with E-state index in [1.54, 1.807) is 12.1 Å². The standard InChI is InChI=1S/C13H10Cl3NOS/c1-7(14)8-4-2-3-5-10(8)17-13(18)9-6-11(15)19-12(9)16/h2-7H,1H3,(H,17,18). The smallest absolute Gasteiger partial charge is 0.258 e. The van der Waals surface area contributed by atoms with Crippen molar-refractivity contribution in [3.05, 3.63) is 50.1 Å². The molecule has 0 aliphatic heterocycles. The first-order chi connectivity index (χ1) is 8.99. The molecule has 1 N–H and O–H groups in total. The molecule has 6 heteroatoms. The zero-order valence-electron chi connectivity index (χ0n) is 9.91. The van der Waals surface area contributed by atoms with Crippen molar-refractivity contribution in [3.63, 3.8) is 0 Å². The predicted molar refractivity (Wildman–Crippen MR) is 83.0 cm³/mol. The Hall–Kier alpha value is -0.740. The summed E-state index contributed by atoms with van der Waals surface area (Å²) < 4.78 is 0.855. The van der Waals surface area contributed by atoms with Gasteiger partial charge in [-0.3, -0.25) is 4.79 Å². The van der Waals surface area contributed by atoms with Crippen molar-refractivity contribution in [1.82, 2.24) is 0 Å². The second-order valence-electron chi connectivity index (χ2n) is 3.90. The molecule has 1 aromatic heterocycles. The van der Waals surface area contributed by atoms with Crippen molar-refractivity contribution >= 4 is 57.7 Å². The monoisotopic (exact) mass is 333 g/mol. The van der Waals surface area contributed by atoms with Gasteiger partial charge in [0.15, 0.2) is 0 Å². The van der Waals surface area contributed by atoms with Crippen molar-refractivity contribution in [3.8, 4) is 0 Å². The summed E-state index contributed by atoms with van der Waals surface area (Å²) in [6.45, 7) is 1.85. The van der Waals surface area contributed by atoms with Crippen LogP contribution in [0.4, 0.5) is 5.69 Å². The molecule has 0 saturated carbocycles. The van der Waals surface area contributed by atoms with Crippen molar-refractivity contribution in [2.45, 2.75) is 12.3 Å². The average molecular weight is 335 g/mol. The highest BCUT2D eigenvalue weighted by Gasteiger charge is 2.16. The molecule has 1 amide bonds. The number of rotatable bonds is 3. The Labute approximate surface area is 130 Å². The Morgan fingerprint density at radius 2 is 2.00 bits per heavy atom. The van der Waals surface area contributed by atoms with Crippen LogP contribution in [-0.2, 0) is 0 Å². The van der Waals surface area contributed by atoms with Crippen LogP contribution in [0.15, 0.2) is 30.3 Å². The maximum Gasteiger partial charge on any atom is 0.258 e. The summed E-state index contributed by atoms with van der Waals surface area (Å²) in [5.74, 6) is -0.294. The Kier molecular flexibility index (Phi) is 4.74.